The van der Waals surface area contributed by atoms with Crippen molar-refractivity contribution in [3.63, 3.8) is 0 Å². The van der Waals surface area contributed by atoms with Gasteiger partial charge in [-0.3, -0.25) is 4.79 Å². The van der Waals surface area contributed by atoms with Gasteiger partial charge >= 0.3 is 0 Å². The molecule has 18 heavy (non-hydrogen) atoms. The molecule has 0 bridgehead atoms. The number of amides is 1. The summed E-state index contributed by atoms with van der Waals surface area (Å²) < 4.78 is 5.42. The summed E-state index contributed by atoms with van der Waals surface area (Å²) in [7, 11) is 0. The van der Waals surface area contributed by atoms with Crippen LogP contribution < -0.4 is 15.8 Å². The van der Waals surface area contributed by atoms with Gasteiger partial charge < -0.3 is 15.8 Å². The van der Waals surface area contributed by atoms with Crippen molar-refractivity contribution in [3.05, 3.63) is 30.3 Å². The average molecular weight is 266 g/mol. The maximum Gasteiger partial charge on any atom is 0.223 e. The third kappa shape index (κ3) is 6.85. The van der Waals surface area contributed by atoms with Crippen molar-refractivity contribution in [2.75, 3.05) is 13.2 Å². The fraction of sp³-hybridized carbons (Fsp3) is 0.385. The summed E-state index contributed by atoms with van der Waals surface area (Å²) in [5, 5.41) is 2.79. The number of carbonyl (C=O) groups excluding carboxylic acids is 1. The van der Waals surface area contributed by atoms with E-state index < -0.39 is 0 Å². The van der Waals surface area contributed by atoms with Gasteiger partial charge in [0.2, 0.25) is 5.91 Å². The van der Waals surface area contributed by atoms with Crippen molar-refractivity contribution in [1.82, 2.24) is 5.32 Å². The van der Waals surface area contributed by atoms with Crippen molar-refractivity contribution in [1.29, 1.82) is 0 Å². The second-order valence-corrected chi connectivity index (χ2v) is 4.36. The molecule has 1 aromatic carbocycles. The summed E-state index contributed by atoms with van der Waals surface area (Å²) in [6.45, 7) is 0.979. The number of ether oxygens (including phenoxy) is 1. The molecule has 0 aliphatic carbocycles. The molecule has 98 valence electrons. The summed E-state index contributed by atoms with van der Waals surface area (Å²) in [4.78, 5) is 11.9. The lowest BCUT2D eigenvalue weighted by Gasteiger charge is -2.06. The Morgan fingerprint density at radius 3 is 2.67 bits per heavy atom. The number of carbonyl (C=O) groups is 1. The SMILES string of the molecule is NC(=S)CCCNC(=O)CCOc1ccccc1. The lowest BCUT2D eigenvalue weighted by molar-refractivity contribution is -0.121. The van der Waals surface area contributed by atoms with Gasteiger partial charge in [0.05, 0.1) is 18.0 Å². The smallest absolute Gasteiger partial charge is 0.223 e. The van der Waals surface area contributed by atoms with Gasteiger partial charge in [-0.2, -0.15) is 0 Å². The third-order valence-electron chi connectivity index (χ3n) is 2.26. The Morgan fingerprint density at radius 1 is 1.28 bits per heavy atom. The van der Waals surface area contributed by atoms with Crippen LogP contribution in [0.2, 0.25) is 0 Å². The fourth-order valence-electron chi connectivity index (χ4n) is 1.36. The molecule has 1 aromatic rings. The fourth-order valence-corrected chi connectivity index (χ4v) is 1.50. The number of rotatable bonds is 8. The number of para-hydroxylation sites is 1. The van der Waals surface area contributed by atoms with E-state index in [4.69, 9.17) is 22.7 Å². The summed E-state index contributed by atoms with van der Waals surface area (Å²) in [6, 6.07) is 9.43. The maximum atomic E-state index is 11.4. The zero-order valence-electron chi connectivity index (χ0n) is 10.2. The second-order valence-electron chi connectivity index (χ2n) is 3.83. The Balaban J connectivity index is 2.05. The van der Waals surface area contributed by atoms with Gasteiger partial charge in [-0.15, -0.1) is 0 Å². The van der Waals surface area contributed by atoms with Crippen molar-refractivity contribution < 1.29 is 9.53 Å². The van der Waals surface area contributed by atoms with Crippen LogP contribution in [-0.2, 0) is 4.79 Å². The molecule has 0 atom stereocenters. The predicted octanol–water partition coefficient (Wildman–Crippen LogP) is 1.64. The van der Waals surface area contributed by atoms with E-state index in [0.717, 1.165) is 12.2 Å². The van der Waals surface area contributed by atoms with Crippen molar-refractivity contribution in [2.24, 2.45) is 5.73 Å². The zero-order chi connectivity index (χ0) is 13.2. The second kappa shape index (κ2) is 8.47. The highest BCUT2D eigenvalue weighted by molar-refractivity contribution is 7.80. The van der Waals surface area contributed by atoms with E-state index in [1.54, 1.807) is 0 Å². The summed E-state index contributed by atoms with van der Waals surface area (Å²) in [5.41, 5.74) is 5.35. The summed E-state index contributed by atoms with van der Waals surface area (Å²) in [5.74, 6) is 0.757. The molecular weight excluding hydrogens is 248 g/mol. The van der Waals surface area contributed by atoms with Gasteiger partial charge in [0.1, 0.15) is 5.75 Å². The highest BCUT2D eigenvalue weighted by Crippen LogP contribution is 2.08. The van der Waals surface area contributed by atoms with Crippen LogP contribution in [0.5, 0.6) is 5.75 Å². The van der Waals surface area contributed by atoms with Crippen LogP contribution in [0.25, 0.3) is 0 Å². The van der Waals surface area contributed by atoms with E-state index in [1.807, 2.05) is 30.3 Å². The molecule has 0 spiro atoms. The maximum absolute atomic E-state index is 11.4. The van der Waals surface area contributed by atoms with Crippen LogP contribution >= 0.6 is 12.2 Å². The van der Waals surface area contributed by atoms with Gasteiger partial charge in [0.25, 0.3) is 0 Å². The lowest BCUT2D eigenvalue weighted by Crippen LogP contribution is -2.26. The molecule has 0 aliphatic heterocycles. The predicted molar refractivity (Wildman–Crippen MR) is 75.6 cm³/mol. The molecule has 0 saturated carbocycles. The Morgan fingerprint density at radius 2 is 2.00 bits per heavy atom. The molecule has 0 aromatic heterocycles. The number of benzene rings is 1. The molecule has 1 rings (SSSR count). The number of nitrogens with two attached hydrogens (primary N) is 1. The van der Waals surface area contributed by atoms with Crippen molar-refractivity contribution in [3.8, 4) is 5.75 Å². The van der Waals surface area contributed by atoms with Gasteiger partial charge in [0.15, 0.2) is 0 Å². The number of thiocarbonyl (C=S) groups is 1. The van der Waals surface area contributed by atoms with Gasteiger partial charge in [0, 0.05) is 6.54 Å². The Labute approximate surface area is 113 Å². The van der Waals surface area contributed by atoms with E-state index in [2.05, 4.69) is 5.32 Å². The molecule has 1 amide bonds. The third-order valence-corrected chi connectivity index (χ3v) is 2.47. The van der Waals surface area contributed by atoms with Crippen molar-refractivity contribution >= 4 is 23.1 Å². The molecule has 5 heteroatoms. The van der Waals surface area contributed by atoms with Crippen LogP contribution in [0, 0.1) is 0 Å². The number of nitrogens with one attached hydrogen (secondary N) is 1. The molecule has 0 heterocycles. The van der Waals surface area contributed by atoms with Crippen LogP contribution in [0.15, 0.2) is 30.3 Å². The van der Waals surface area contributed by atoms with E-state index in [0.29, 0.717) is 31.0 Å². The van der Waals surface area contributed by atoms with Crippen LogP contribution in [0.3, 0.4) is 0 Å². The topological polar surface area (TPSA) is 64.3 Å². The minimum Gasteiger partial charge on any atom is -0.493 e. The first-order chi connectivity index (χ1) is 8.68. The monoisotopic (exact) mass is 266 g/mol. The van der Waals surface area contributed by atoms with E-state index in [1.165, 1.54) is 0 Å². The highest BCUT2D eigenvalue weighted by Gasteiger charge is 2.01. The first-order valence-corrected chi connectivity index (χ1v) is 6.32. The van der Waals surface area contributed by atoms with Crippen LogP contribution in [0.1, 0.15) is 19.3 Å². The van der Waals surface area contributed by atoms with E-state index in [-0.39, 0.29) is 5.91 Å². The molecule has 0 saturated heterocycles. The first-order valence-electron chi connectivity index (χ1n) is 5.91. The van der Waals surface area contributed by atoms with E-state index >= 15 is 0 Å². The van der Waals surface area contributed by atoms with Gasteiger partial charge in [-0.25, -0.2) is 0 Å². The highest BCUT2D eigenvalue weighted by atomic mass is 32.1. The lowest BCUT2D eigenvalue weighted by atomic mass is 10.3. The molecule has 0 aliphatic rings. The zero-order valence-corrected chi connectivity index (χ0v) is 11.0. The Bertz CT molecular complexity index is 382. The minimum atomic E-state index is -0.0196. The molecule has 4 nitrogen and oxygen atoms in total. The minimum absolute atomic E-state index is 0.0196. The molecular formula is C13H18N2O2S. The number of hydrogen-bond acceptors (Lipinski definition) is 3. The largest absolute Gasteiger partial charge is 0.493 e. The van der Waals surface area contributed by atoms with Crippen molar-refractivity contribution in [2.45, 2.75) is 19.3 Å². The quantitative estimate of drug-likeness (QED) is 0.554. The first kappa shape index (κ1) is 14.4. The Kier molecular flexibility index (Phi) is 6.79. The molecule has 0 unspecified atom stereocenters. The van der Waals surface area contributed by atoms with Crippen LogP contribution in [-0.4, -0.2) is 24.0 Å². The van der Waals surface area contributed by atoms with Crippen LogP contribution in [0.4, 0.5) is 0 Å². The molecule has 0 fully saturated rings. The normalized spacial score (nSPS) is 9.78. The molecule has 3 N–H and O–H groups in total. The Hall–Kier alpha value is -1.62. The van der Waals surface area contributed by atoms with E-state index in [9.17, 15) is 4.79 Å². The molecule has 0 radical (unpaired) electrons. The standard InChI is InChI=1S/C13H18N2O2S/c14-12(18)7-4-9-15-13(16)8-10-17-11-5-2-1-3-6-11/h1-3,5-6H,4,7-10H2,(H2,14,18)(H,15,16). The average Bonchev–Trinajstić information content (AvgIpc) is 2.36. The van der Waals surface area contributed by atoms with Gasteiger partial charge in [-0.1, -0.05) is 30.4 Å². The summed E-state index contributed by atoms with van der Waals surface area (Å²) >= 11 is 4.74. The number of hydrogen-bond donors (Lipinski definition) is 2. The van der Waals surface area contributed by atoms with Gasteiger partial charge in [-0.05, 0) is 25.0 Å². The summed E-state index contributed by atoms with van der Waals surface area (Å²) in [6.07, 6.45) is 1.79.